The van der Waals surface area contributed by atoms with Gasteiger partial charge in [0, 0.05) is 33.0 Å². The van der Waals surface area contributed by atoms with Crippen molar-refractivity contribution >= 4 is 59.0 Å². The van der Waals surface area contributed by atoms with Gasteiger partial charge in [0.05, 0.1) is 14.2 Å². The van der Waals surface area contributed by atoms with Crippen molar-refractivity contribution in [3.05, 3.63) is 141 Å². The van der Waals surface area contributed by atoms with E-state index in [2.05, 4.69) is 10.6 Å². The maximum atomic E-state index is 15.0. The predicted molar refractivity (Wildman–Crippen MR) is 179 cm³/mol. The zero-order chi connectivity index (χ0) is 33.3. The summed E-state index contributed by atoms with van der Waals surface area (Å²) in [4.78, 5) is 56.7. The molecular formula is C37H28Cl2N2O6. The molecule has 1 saturated heterocycles. The second-order valence-corrected chi connectivity index (χ2v) is 12.0. The molecule has 4 amide bonds. The molecule has 2 unspecified atom stereocenters. The first-order valence-corrected chi connectivity index (χ1v) is 15.3. The fraction of sp³-hybridized carbons (Fsp3) is 0.135. The second kappa shape index (κ2) is 12.9. The number of ether oxygens (including phenoxy) is 2. The Balaban J connectivity index is 1.73. The molecule has 47 heavy (non-hydrogen) atoms. The number of halogens is 2. The molecule has 1 saturated carbocycles. The third-order valence-corrected chi connectivity index (χ3v) is 9.05. The quantitative estimate of drug-likeness (QED) is 0.170. The van der Waals surface area contributed by atoms with Crippen molar-refractivity contribution in [2.75, 3.05) is 14.2 Å². The van der Waals surface area contributed by atoms with Crippen molar-refractivity contribution in [1.82, 2.24) is 10.6 Å². The normalized spacial score (nSPS) is 20.7. The number of methoxy groups -OCH3 is 2. The smallest absolute Gasteiger partial charge is 0.328 e. The molecule has 2 atom stereocenters. The van der Waals surface area contributed by atoms with E-state index < -0.39 is 35.1 Å². The molecule has 0 bridgehead atoms. The number of allylic oxidation sites excluding steroid dienone is 2. The molecule has 1 aliphatic carbocycles. The third-order valence-electron chi connectivity index (χ3n) is 8.55. The highest BCUT2D eigenvalue weighted by Gasteiger charge is 2.66. The van der Waals surface area contributed by atoms with Gasteiger partial charge in [-0.15, -0.1) is 0 Å². The summed E-state index contributed by atoms with van der Waals surface area (Å²) in [5, 5.41) is 5.70. The lowest BCUT2D eigenvalue weighted by molar-refractivity contribution is -0.147. The Morgan fingerprint density at radius 1 is 0.574 bits per heavy atom. The number of benzene rings is 4. The average Bonchev–Trinajstić information content (AvgIpc) is 3.07. The van der Waals surface area contributed by atoms with E-state index in [1.54, 1.807) is 109 Å². The van der Waals surface area contributed by atoms with Crippen molar-refractivity contribution < 1.29 is 28.7 Å². The maximum Gasteiger partial charge on any atom is 0.328 e. The Bertz CT molecular complexity index is 1790. The third kappa shape index (κ3) is 5.82. The number of ketones is 1. The van der Waals surface area contributed by atoms with Crippen LogP contribution in [0.25, 0.3) is 12.2 Å². The molecule has 1 heterocycles. The number of hydrogen-bond acceptors (Lipinski definition) is 6. The second-order valence-electron chi connectivity index (χ2n) is 11.2. The maximum absolute atomic E-state index is 15.0. The largest absolute Gasteiger partial charge is 0.497 e. The number of barbiturate groups is 1. The number of carbonyl (C=O) groups excluding carboxylic acids is 4. The van der Waals surface area contributed by atoms with Crippen LogP contribution in [0.1, 0.15) is 34.1 Å². The Hall–Kier alpha value is -5.18. The highest BCUT2D eigenvalue weighted by Crippen LogP contribution is 2.60. The van der Waals surface area contributed by atoms with E-state index in [1.807, 2.05) is 0 Å². The number of imide groups is 2. The van der Waals surface area contributed by atoms with Crippen LogP contribution in [0.5, 0.6) is 11.5 Å². The van der Waals surface area contributed by atoms with Crippen LogP contribution < -0.4 is 20.1 Å². The number of nitrogens with one attached hydrogen (secondary N) is 2. The summed E-state index contributed by atoms with van der Waals surface area (Å²) in [5.74, 6) is -3.31. The van der Waals surface area contributed by atoms with Crippen LogP contribution in [0.3, 0.4) is 0 Å². The molecular weight excluding hydrogens is 639 g/mol. The van der Waals surface area contributed by atoms with E-state index in [4.69, 9.17) is 32.7 Å². The molecule has 1 spiro atoms. The van der Waals surface area contributed by atoms with Gasteiger partial charge in [-0.1, -0.05) is 71.7 Å². The van der Waals surface area contributed by atoms with Crippen molar-refractivity contribution in [3.63, 3.8) is 0 Å². The van der Waals surface area contributed by atoms with E-state index in [0.29, 0.717) is 43.8 Å². The topological polar surface area (TPSA) is 111 Å². The standard InChI is InChI=1S/C37H28Cl2N2O6/c1-46-27-15-7-23(8-16-27)31-29(19-21-3-11-25(38)12-4-21)33(42)30(20-22-5-13-26(39)14-6-22)32(24-9-17-28(47-2)18-10-24)37(31)34(43)40-36(45)41-35(37)44/h3-20,31-32H,1-2H3,(H2,40,41,43,44,45)/b29-19+,30-20+. The first-order chi connectivity index (χ1) is 22.6. The van der Waals surface area contributed by atoms with Crippen LogP contribution >= 0.6 is 23.2 Å². The van der Waals surface area contributed by atoms with Gasteiger partial charge < -0.3 is 9.47 Å². The molecule has 8 nitrogen and oxygen atoms in total. The number of amides is 4. The summed E-state index contributed by atoms with van der Waals surface area (Å²) in [6.07, 6.45) is 3.32. The van der Waals surface area contributed by atoms with Crippen LogP contribution in [0.4, 0.5) is 4.79 Å². The zero-order valence-electron chi connectivity index (χ0n) is 25.3. The number of urea groups is 1. The summed E-state index contributed by atoms with van der Waals surface area (Å²) < 4.78 is 10.8. The van der Waals surface area contributed by atoms with Gasteiger partial charge in [0.15, 0.2) is 11.2 Å². The molecule has 236 valence electrons. The Kier molecular flexibility index (Phi) is 8.73. The number of Topliss-reactive ketones (excluding diaryl/α,β-unsaturated/α-hetero) is 1. The first-order valence-electron chi connectivity index (χ1n) is 14.6. The van der Waals surface area contributed by atoms with Crippen LogP contribution in [-0.2, 0) is 14.4 Å². The molecule has 0 radical (unpaired) electrons. The summed E-state index contributed by atoms with van der Waals surface area (Å²) in [6, 6.07) is 26.4. The van der Waals surface area contributed by atoms with Gasteiger partial charge >= 0.3 is 6.03 Å². The number of hydrogen-bond donors (Lipinski definition) is 2. The van der Waals surface area contributed by atoms with Crippen molar-refractivity contribution in [3.8, 4) is 11.5 Å². The van der Waals surface area contributed by atoms with Gasteiger partial charge in [-0.3, -0.25) is 25.0 Å². The fourth-order valence-corrected chi connectivity index (χ4v) is 6.66. The van der Waals surface area contributed by atoms with E-state index in [-0.39, 0.29) is 16.9 Å². The minimum Gasteiger partial charge on any atom is -0.497 e. The number of rotatable bonds is 6. The van der Waals surface area contributed by atoms with Crippen LogP contribution in [0, 0.1) is 5.41 Å². The van der Waals surface area contributed by atoms with Crippen LogP contribution in [-0.4, -0.2) is 37.8 Å². The lowest BCUT2D eigenvalue weighted by atomic mass is 9.51. The van der Waals surface area contributed by atoms with Crippen molar-refractivity contribution in [2.45, 2.75) is 11.8 Å². The van der Waals surface area contributed by atoms with Gasteiger partial charge in [-0.2, -0.15) is 0 Å². The Morgan fingerprint density at radius 2 is 0.936 bits per heavy atom. The number of carbonyl (C=O) groups is 4. The lowest BCUT2D eigenvalue weighted by Gasteiger charge is -2.50. The van der Waals surface area contributed by atoms with Crippen LogP contribution in [0.15, 0.2) is 108 Å². The van der Waals surface area contributed by atoms with E-state index in [1.165, 1.54) is 14.2 Å². The highest BCUT2D eigenvalue weighted by molar-refractivity contribution is 6.31. The summed E-state index contributed by atoms with van der Waals surface area (Å²) in [7, 11) is 3.04. The van der Waals surface area contributed by atoms with Gasteiger partial charge in [0.1, 0.15) is 11.5 Å². The Labute approximate surface area is 281 Å². The SMILES string of the molecule is COc1ccc(C2/C(=C\c3ccc(Cl)cc3)C(=O)/C(=C/c3ccc(Cl)cc3)C(c3ccc(OC)cc3)C23C(=O)NC(=O)NC3=O)cc1. The fourth-order valence-electron chi connectivity index (χ4n) is 6.41. The molecule has 2 aliphatic rings. The minimum absolute atomic E-state index is 0.169. The minimum atomic E-state index is -2.05. The Morgan fingerprint density at radius 3 is 1.28 bits per heavy atom. The van der Waals surface area contributed by atoms with E-state index in [0.717, 1.165) is 0 Å². The molecule has 1 aliphatic heterocycles. The van der Waals surface area contributed by atoms with E-state index >= 15 is 4.79 Å². The van der Waals surface area contributed by atoms with Gasteiger partial charge in [0.2, 0.25) is 11.8 Å². The van der Waals surface area contributed by atoms with Crippen molar-refractivity contribution in [2.24, 2.45) is 5.41 Å². The summed E-state index contributed by atoms with van der Waals surface area (Å²) in [6.45, 7) is 0. The van der Waals surface area contributed by atoms with E-state index in [9.17, 15) is 14.4 Å². The molecule has 2 N–H and O–H groups in total. The molecule has 6 rings (SSSR count). The average molecular weight is 668 g/mol. The molecule has 4 aromatic carbocycles. The van der Waals surface area contributed by atoms with Crippen LogP contribution in [0.2, 0.25) is 10.0 Å². The summed E-state index contributed by atoms with van der Waals surface area (Å²) >= 11 is 12.3. The zero-order valence-corrected chi connectivity index (χ0v) is 26.8. The predicted octanol–water partition coefficient (Wildman–Crippen LogP) is 6.98. The van der Waals surface area contributed by atoms with Gasteiger partial charge in [-0.05, 0) is 82.9 Å². The highest BCUT2D eigenvalue weighted by atomic mass is 35.5. The molecule has 2 fully saturated rings. The van der Waals surface area contributed by atoms with Crippen molar-refractivity contribution in [1.29, 1.82) is 0 Å². The van der Waals surface area contributed by atoms with Gasteiger partial charge in [0.25, 0.3) is 0 Å². The first kappa shape index (κ1) is 31.8. The monoisotopic (exact) mass is 666 g/mol. The molecule has 10 heteroatoms. The van der Waals surface area contributed by atoms with Gasteiger partial charge in [-0.25, -0.2) is 4.79 Å². The molecule has 4 aromatic rings. The molecule has 0 aromatic heterocycles. The summed E-state index contributed by atoms with van der Waals surface area (Å²) in [5.41, 5.74) is 0.498. The lowest BCUT2D eigenvalue weighted by Crippen LogP contribution is -2.68.